The van der Waals surface area contributed by atoms with Gasteiger partial charge in [0.25, 0.3) is 0 Å². The van der Waals surface area contributed by atoms with Gasteiger partial charge in [0.05, 0.1) is 6.61 Å². The molecule has 0 spiro atoms. The van der Waals surface area contributed by atoms with Crippen molar-refractivity contribution in [1.82, 2.24) is 15.5 Å². The molecule has 1 atom stereocenters. The maximum atomic E-state index is 12.3. The van der Waals surface area contributed by atoms with Gasteiger partial charge in [-0.25, -0.2) is 4.79 Å². The van der Waals surface area contributed by atoms with E-state index in [0.29, 0.717) is 25.1 Å². The molecule has 26 heavy (non-hydrogen) atoms. The molecule has 1 aromatic carbocycles. The molecular formula is C21H35N3O2. The first-order chi connectivity index (χ1) is 12.7. The number of carbonyl (C=O) groups is 1. The number of hydrogen-bond donors (Lipinski definition) is 2. The number of urea groups is 1. The highest BCUT2D eigenvalue weighted by molar-refractivity contribution is 5.73. The van der Waals surface area contributed by atoms with Crippen LogP contribution in [-0.2, 0) is 17.9 Å². The Morgan fingerprint density at radius 1 is 1.12 bits per heavy atom. The number of rotatable bonds is 10. The van der Waals surface area contributed by atoms with Crippen LogP contribution in [0.5, 0.6) is 0 Å². The molecule has 1 aliphatic rings. The monoisotopic (exact) mass is 361 g/mol. The third-order valence-electron chi connectivity index (χ3n) is 5.53. The fourth-order valence-corrected chi connectivity index (χ4v) is 3.96. The van der Waals surface area contributed by atoms with Crippen molar-refractivity contribution in [2.75, 3.05) is 26.7 Å². The van der Waals surface area contributed by atoms with Crippen LogP contribution >= 0.6 is 0 Å². The van der Waals surface area contributed by atoms with Crippen LogP contribution < -0.4 is 10.6 Å². The van der Waals surface area contributed by atoms with Crippen LogP contribution in [0, 0.1) is 5.92 Å². The summed E-state index contributed by atoms with van der Waals surface area (Å²) in [5.41, 5.74) is 2.21. The summed E-state index contributed by atoms with van der Waals surface area (Å²) in [6, 6.07) is 8.41. The number of nitrogens with zero attached hydrogens (tertiary/aromatic N) is 1. The summed E-state index contributed by atoms with van der Waals surface area (Å²) in [5, 5.41) is 6.10. The maximum absolute atomic E-state index is 12.3. The van der Waals surface area contributed by atoms with Crippen molar-refractivity contribution in [1.29, 1.82) is 0 Å². The molecule has 1 aliphatic heterocycles. The average molecular weight is 362 g/mol. The zero-order valence-corrected chi connectivity index (χ0v) is 16.6. The molecule has 2 N–H and O–H groups in total. The lowest BCUT2D eigenvalue weighted by atomic mass is 9.93. The highest BCUT2D eigenvalue weighted by atomic mass is 16.5. The van der Waals surface area contributed by atoms with Crippen molar-refractivity contribution in [3.05, 3.63) is 35.4 Å². The minimum Gasteiger partial charge on any atom is -0.380 e. The van der Waals surface area contributed by atoms with Gasteiger partial charge in [0, 0.05) is 26.2 Å². The van der Waals surface area contributed by atoms with Gasteiger partial charge >= 0.3 is 6.03 Å². The van der Waals surface area contributed by atoms with Gasteiger partial charge in [-0.3, -0.25) is 4.90 Å². The summed E-state index contributed by atoms with van der Waals surface area (Å²) in [7, 11) is 1.69. The van der Waals surface area contributed by atoms with Crippen LogP contribution in [-0.4, -0.2) is 43.7 Å². The van der Waals surface area contributed by atoms with E-state index in [-0.39, 0.29) is 6.03 Å². The van der Waals surface area contributed by atoms with Gasteiger partial charge in [-0.15, -0.1) is 0 Å². The fraction of sp³-hybridized carbons (Fsp3) is 0.667. The van der Waals surface area contributed by atoms with E-state index in [9.17, 15) is 4.79 Å². The van der Waals surface area contributed by atoms with E-state index in [2.05, 4.69) is 29.4 Å². The van der Waals surface area contributed by atoms with Crippen LogP contribution in [0.4, 0.5) is 4.79 Å². The average Bonchev–Trinajstić information content (AvgIpc) is 3.19. The number of amides is 2. The van der Waals surface area contributed by atoms with Crippen LogP contribution in [0.25, 0.3) is 0 Å². The number of methoxy groups -OCH3 is 1. The minimum absolute atomic E-state index is 0.0904. The van der Waals surface area contributed by atoms with E-state index in [1.807, 2.05) is 24.3 Å². The molecule has 5 heteroatoms. The van der Waals surface area contributed by atoms with Crippen LogP contribution in [0.2, 0.25) is 0 Å². The van der Waals surface area contributed by atoms with Crippen molar-refractivity contribution in [2.45, 2.75) is 58.7 Å². The minimum atomic E-state index is -0.0904. The predicted molar refractivity (Wildman–Crippen MR) is 106 cm³/mol. The summed E-state index contributed by atoms with van der Waals surface area (Å²) in [5.74, 6) is 0.635. The lowest BCUT2D eigenvalue weighted by Gasteiger charge is -2.33. The largest absolute Gasteiger partial charge is 0.380 e. The van der Waals surface area contributed by atoms with Gasteiger partial charge < -0.3 is 15.4 Å². The summed E-state index contributed by atoms with van der Waals surface area (Å²) in [6.07, 6.45) is 4.87. The summed E-state index contributed by atoms with van der Waals surface area (Å²) in [6.45, 7) is 8.63. The molecule has 1 fully saturated rings. The Hall–Kier alpha value is -1.59. The summed E-state index contributed by atoms with van der Waals surface area (Å²) >= 11 is 0. The van der Waals surface area contributed by atoms with Gasteiger partial charge in [-0.05, 0) is 43.0 Å². The molecule has 146 valence electrons. The number of carbonyl (C=O) groups excluding carboxylic acids is 1. The highest BCUT2D eigenvalue weighted by Gasteiger charge is 2.27. The Bertz CT molecular complexity index is 538. The maximum Gasteiger partial charge on any atom is 0.315 e. The van der Waals surface area contributed by atoms with Gasteiger partial charge in [0.15, 0.2) is 0 Å². The fourth-order valence-electron chi connectivity index (χ4n) is 3.96. The second-order valence-electron chi connectivity index (χ2n) is 7.15. The molecule has 2 rings (SSSR count). The van der Waals surface area contributed by atoms with E-state index in [4.69, 9.17) is 4.74 Å². The van der Waals surface area contributed by atoms with E-state index in [1.54, 1.807) is 7.11 Å². The Morgan fingerprint density at radius 3 is 2.38 bits per heavy atom. The smallest absolute Gasteiger partial charge is 0.315 e. The quantitative estimate of drug-likeness (QED) is 0.670. The van der Waals surface area contributed by atoms with E-state index in [1.165, 1.54) is 12.8 Å². The molecule has 2 amide bonds. The van der Waals surface area contributed by atoms with Gasteiger partial charge in [0.1, 0.15) is 0 Å². The molecule has 0 unspecified atom stereocenters. The highest BCUT2D eigenvalue weighted by Crippen LogP contribution is 2.22. The topological polar surface area (TPSA) is 53.6 Å². The number of nitrogens with one attached hydrogen (secondary N) is 2. The molecular weight excluding hydrogens is 326 g/mol. The lowest BCUT2D eigenvalue weighted by Crippen LogP contribution is -2.48. The van der Waals surface area contributed by atoms with Crippen molar-refractivity contribution >= 4 is 6.03 Å². The third-order valence-corrected chi connectivity index (χ3v) is 5.53. The Balaban J connectivity index is 1.86. The SMILES string of the molecule is CCC(CC)[C@@H](CNC(=O)NCc1ccccc1COC)N1CCCC1. The lowest BCUT2D eigenvalue weighted by molar-refractivity contribution is 0.161. The second-order valence-corrected chi connectivity index (χ2v) is 7.15. The van der Waals surface area contributed by atoms with Gasteiger partial charge in [-0.2, -0.15) is 0 Å². The Morgan fingerprint density at radius 2 is 1.77 bits per heavy atom. The predicted octanol–water partition coefficient (Wildman–Crippen LogP) is 3.53. The van der Waals surface area contributed by atoms with E-state index < -0.39 is 0 Å². The third kappa shape index (κ3) is 5.99. The molecule has 0 aliphatic carbocycles. The Labute approximate surface area is 158 Å². The van der Waals surface area contributed by atoms with Crippen LogP contribution in [0.3, 0.4) is 0 Å². The van der Waals surface area contributed by atoms with Gasteiger partial charge in [0.2, 0.25) is 0 Å². The molecule has 1 heterocycles. The Kier molecular flexibility index (Phi) is 8.92. The molecule has 1 saturated heterocycles. The summed E-state index contributed by atoms with van der Waals surface area (Å²) < 4.78 is 5.23. The zero-order chi connectivity index (χ0) is 18.8. The number of hydrogen-bond acceptors (Lipinski definition) is 3. The van der Waals surface area contributed by atoms with Crippen LogP contribution in [0.15, 0.2) is 24.3 Å². The molecule has 1 aromatic rings. The van der Waals surface area contributed by atoms with Gasteiger partial charge in [-0.1, -0.05) is 51.0 Å². The number of benzene rings is 1. The van der Waals surface area contributed by atoms with Crippen molar-refractivity contribution in [2.24, 2.45) is 5.92 Å². The second kappa shape index (κ2) is 11.2. The molecule has 0 aromatic heterocycles. The molecule has 0 bridgehead atoms. The summed E-state index contributed by atoms with van der Waals surface area (Å²) in [4.78, 5) is 14.9. The first-order valence-corrected chi connectivity index (χ1v) is 10.0. The molecule has 0 saturated carbocycles. The number of likely N-dealkylation sites (tertiary alicyclic amines) is 1. The van der Waals surface area contributed by atoms with E-state index >= 15 is 0 Å². The standard InChI is InChI=1S/C21H35N3O2/c1-4-17(5-2)20(24-12-8-9-13-24)15-23-21(25)22-14-18-10-6-7-11-19(18)16-26-3/h6-7,10-11,17,20H,4-5,8-9,12-16H2,1-3H3,(H2,22,23,25)/t20-/m1/s1. The van der Waals surface area contributed by atoms with E-state index in [0.717, 1.165) is 43.6 Å². The number of ether oxygens (including phenoxy) is 1. The van der Waals surface area contributed by atoms with Crippen LogP contribution in [0.1, 0.15) is 50.7 Å². The molecule has 5 nitrogen and oxygen atoms in total. The first-order valence-electron chi connectivity index (χ1n) is 10.0. The molecule has 0 radical (unpaired) electrons. The first kappa shape index (κ1) is 20.7. The zero-order valence-electron chi connectivity index (χ0n) is 16.6. The van der Waals surface area contributed by atoms with Crippen molar-refractivity contribution in [3.63, 3.8) is 0 Å². The van der Waals surface area contributed by atoms with Crippen molar-refractivity contribution < 1.29 is 9.53 Å². The normalized spacial score (nSPS) is 16.0. The van der Waals surface area contributed by atoms with Crippen molar-refractivity contribution in [3.8, 4) is 0 Å².